The second-order valence-corrected chi connectivity index (χ2v) is 6.48. The van der Waals surface area contributed by atoms with E-state index in [0.717, 1.165) is 25.7 Å². The molecule has 0 aliphatic heterocycles. The van der Waals surface area contributed by atoms with Crippen LogP contribution in [-0.4, -0.2) is 7.11 Å². The minimum absolute atomic E-state index is 0.315. The maximum Gasteiger partial charge on any atom is 0.131 e. The van der Waals surface area contributed by atoms with Crippen molar-refractivity contribution < 1.29 is 9.13 Å². The Hall–Kier alpha value is -1.56. The SMILES string of the molecule is CCCCC[C@H]1CC[C@@](C#N)(c2ccc(OC)cc2F)CC1. The van der Waals surface area contributed by atoms with Crippen molar-refractivity contribution >= 4 is 0 Å². The van der Waals surface area contributed by atoms with Gasteiger partial charge in [0.05, 0.1) is 18.6 Å². The lowest BCUT2D eigenvalue weighted by molar-refractivity contribution is 0.257. The number of methoxy groups -OCH3 is 1. The predicted molar refractivity (Wildman–Crippen MR) is 86.3 cm³/mol. The van der Waals surface area contributed by atoms with Crippen LogP contribution >= 0.6 is 0 Å². The maximum atomic E-state index is 14.4. The topological polar surface area (TPSA) is 33.0 Å². The lowest BCUT2D eigenvalue weighted by Gasteiger charge is -2.35. The number of unbranched alkanes of at least 4 members (excludes halogenated alkanes) is 2. The van der Waals surface area contributed by atoms with Crippen molar-refractivity contribution in [1.82, 2.24) is 0 Å². The quantitative estimate of drug-likeness (QED) is 0.662. The highest BCUT2D eigenvalue weighted by molar-refractivity contribution is 5.38. The molecule has 1 aliphatic rings. The molecule has 3 heteroatoms. The Morgan fingerprint density at radius 2 is 2.05 bits per heavy atom. The molecule has 0 atom stereocenters. The zero-order valence-electron chi connectivity index (χ0n) is 13.7. The van der Waals surface area contributed by atoms with Crippen molar-refractivity contribution in [2.24, 2.45) is 5.92 Å². The van der Waals surface area contributed by atoms with Crippen molar-refractivity contribution in [3.63, 3.8) is 0 Å². The minimum Gasteiger partial charge on any atom is -0.497 e. The summed E-state index contributed by atoms with van der Waals surface area (Å²) in [4.78, 5) is 0. The average molecular weight is 303 g/mol. The van der Waals surface area contributed by atoms with E-state index >= 15 is 0 Å². The van der Waals surface area contributed by atoms with E-state index in [-0.39, 0.29) is 5.82 Å². The third kappa shape index (κ3) is 3.61. The Balaban J connectivity index is 2.08. The summed E-state index contributed by atoms with van der Waals surface area (Å²) in [5.74, 6) is 0.891. The molecular weight excluding hydrogens is 277 g/mol. The molecule has 1 aromatic rings. The molecule has 0 aromatic heterocycles. The first-order valence-corrected chi connectivity index (χ1v) is 8.40. The van der Waals surface area contributed by atoms with Crippen LogP contribution in [0.2, 0.25) is 0 Å². The normalized spacial score (nSPS) is 24.7. The van der Waals surface area contributed by atoms with E-state index in [1.807, 2.05) is 0 Å². The van der Waals surface area contributed by atoms with E-state index in [0.29, 0.717) is 17.2 Å². The Kier molecular flexibility index (Phi) is 5.83. The molecule has 0 radical (unpaired) electrons. The van der Waals surface area contributed by atoms with E-state index in [2.05, 4.69) is 13.0 Å². The summed E-state index contributed by atoms with van der Waals surface area (Å²) in [5.41, 5.74) is -0.111. The van der Waals surface area contributed by atoms with Gasteiger partial charge in [-0.15, -0.1) is 0 Å². The van der Waals surface area contributed by atoms with Gasteiger partial charge in [-0.2, -0.15) is 5.26 Å². The highest BCUT2D eigenvalue weighted by atomic mass is 19.1. The maximum absolute atomic E-state index is 14.4. The van der Waals surface area contributed by atoms with E-state index in [1.165, 1.54) is 38.9 Å². The van der Waals surface area contributed by atoms with Gasteiger partial charge in [0.15, 0.2) is 0 Å². The lowest BCUT2D eigenvalue weighted by atomic mass is 9.66. The largest absolute Gasteiger partial charge is 0.497 e. The van der Waals surface area contributed by atoms with Crippen LogP contribution in [0.4, 0.5) is 4.39 Å². The summed E-state index contributed by atoms with van der Waals surface area (Å²) in [7, 11) is 1.52. The van der Waals surface area contributed by atoms with Gasteiger partial charge in [-0.25, -0.2) is 4.39 Å². The highest BCUT2D eigenvalue weighted by Gasteiger charge is 2.38. The Labute approximate surface area is 133 Å². The molecule has 0 saturated heterocycles. The second-order valence-electron chi connectivity index (χ2n) is 6.48. The molecule has 1 aromatic carbocycles. The van der Waals surface area contributed by atoms with Gasteiger partial charge in [0.25, 0.3) is 0 Å². The van der Waals surface area contributed by atoms with Crippen LogP contribution < -0.4 is 4.74 Å². The fourth-order valence-corrected chi connectivity index (χ4v) is 3.59. The van der Waals surface area contributed by atoms with Gasteiger partial charge in [-0.3, -0.25) is 0 Å². The molecule has 120 valence electrons. The van der Waals surface area contributed by atoms with E-state index in [4.69, 9.17) is 4.74 Å². The number of rotatable bonds is 6. The molecule has 0 heterocycles. The molecule has 0 spiro atoms. The van der Waals surface area contributed by atoms with Crippen LogP contribution in [0.25, 0.3) is 0 Å². The fraction of sp³-hybridized carbons (Fsp3) is 0.632. The number of halogens is 1. The molecule has 0 amide bonds. The summed E-state index contributed by atoms with van der Waals surface area (Å²) >= 11 is 0. The summed E-state index contributed by atoms with van der Waals surface area (Å²) in [6.07, 6.45) is 8.65. The number of benzene rings is 1. The van der Waals surface area contributed by atoms with Gasteiger partial charge in [0.1, 0.15) is 11.6 Å². The third-order valence-electron chi connectivity index (χ3n) is 5.08. The molecule has 1 fully saturated rings. The highest BCUT2D eigenvalue weighted by Crippen LogP contribution is 2.43. The smallest absolute Gasteiger partial charge is 0.131 e. The Bertz CT molecular complexity index is 527. The minimum atomic E-state index is -0.655. The second kappa shape index (κ2) is 7.63. The molecule has 1 saturated carbocycles. The molecular formula is C19H26FNO. The van der Waals surface area contributed by atoms with Gasteiger partial charge in [-0.1, -0.05) is 38.7 Å². The van der Waals surface area contributed by atoms with Crippen molar-refractivity contribution in [3.05, 3.63) is 29.6 Å². The van der Waals surface area contributed by atoms with Crippen molar-refractivity contribution in [2.75, 3.05) is 7.11 Å². The standard InChI is InChI=1S/C19H26FNO/c1-3-4-5-6-15-9-11-19(14-21,12-10-15)17-8-7-16(22-2)13-18(17)20/h7-8,13,15H,3-6,9-12H2,1-2H3/t15-,19+. The van der Waals surface area contributed by atoms with Crippen LogP contribution in [0, 0.1) is 23.1 Å². The molecule has 0 N–H and O–H groups in total. The Morgan fingerprint density at radius 3 is 2.59 bits per heavy atom. The first-order valence-electron chi connectivity index (χ1n) is 8.40. The van der Waals surface area contributed by atoms with E-state index in [1.54, 1.807) is 12.1 Å². The van der Waals surface area contributed by atoms with Crippen molar-refractivity contribution in [2.45, 2.75) is 63.7 Å². The summed E-state index contributed by atoms with van der Waals surface area (Å²) in [6.45, 7) is 2.22. The first-order chi connectivity index (χ1) is 10.6. The molecule has 2 rings (SSSR count). The summed E-state index contributed by atoms with van der Waals surface area (Å²) in [6, 6.07) is 7.30. The van der Waals surface area contributed by atoms with Crippen molar-refractivity contribution in [1.29, 1.82) is 5.26 Å². The van der Waals surface area contributed by atoms with Crippen LogP contribution in [0.5, 0.6) is 5.75 Å². The number of hydrogen-bond donors (Lipinski definition) is 0. The lowest BCUT2D eigenvalue weighted by Crippen LogP contribution is -2.31. The van der Waals surface area contributed by atoms with Gasteiger partial charge >= 0.3 is 0 Å². The molecule has 2 nitrogen and oxygen atoms in total. The van der Waals surface area contributed by atoms with Gasteiger partial charge in [-0.05, 0) is 37.7 Å². The number of hydrogen-bond acceptors (Lipinski definition) is 2. The monoisotopic (exact) mass is 303 g/mol. The zero-order valence-corrected chi connectivity index (χ0v) is 13.7. The van der Waals surface area contributed by atoms with Crippen LogP contribution in [0.3, 0.4) is 0 Å². The van der Waals surface area contributed by atoms with E-state index < -0.39 is 5.41 Å². The number of nitrogens with zero attached hydrogens (tertiary/aromatic N) is 1. The van der Waals surface area contributed by atoms with Crippen LogP contribution in [-0.2, 0) is 5.41 Å². The molecule has 0 unspecified atom stereocenters. The van der Waals surface area contributed by atoms with Gasteiger partial charge in [0, 0.05) is 11.6 Å². The third-order valence-corrected chi connectivity index (χ3v) is 5.08. The predicted octanol–water partition coefficient (Wildman–Crippen LogP) is 5.37. The summed E-state index contributed by atoms with van der Waals surface area (Å²) in [5, 5.41) is 9.70. The Morgan fingerprint density at radius 1 is 1.32 bits per heavy atom. The zero-order chi connectivity index (χ0) is 16.0. The van der Waals surface area contributed by atoms with E-state index in [9.17, 15) is 9.65 Å². The number of nitriles is 1. The van der Waals surface area contributed by atoms with Crippen LogP contribution in [0.15, 0.2) is 18.2 Å². The fourth-order valence-electron chi connectivity index (χ4n) is 3.59. The summed E-state index contributed by atoms with van der Waals surface area (Å²) < 4.78 is 19.4. The molecule has 0 bridgehead atoms. The van der Waals surface area contributed by atoms with Crippen molar-refractivity contribution in [3.8, 4) is 11.8 Å². The molecule has 1 aliphatic carbocycles. The average Bonchev–Trinajstić information content (AvgIpc) is 2.56. The van der Waals surface area contributed by atoms with Gasteiger partial charge in [0.2, 0.25) is 0 Å². The number of ether oxygens (including phenoxy) is 1. The molecule has 22 heavy (non-hydrogen) atoms. The van der Waals surface area contributed by atoms with Crippen LogP contribution in [0.1, 0.15) is 63.9 Å². The first kappa shape index (κ1) is 16.8. The van der Waals surface area contributed by atoms with Gasteiger partial charge < -0.3 is 4.74 Å².